The third kappa shape index (κ3) is 2.42. The molecule has 0 N–H and O–H groups in total. The van der Waals surface area contributed by atoms with Gasteiger partial charge in [-0.1, -0.05) is 12.7 Å². The fourth-order valence-electron chi connectivity index (χ4n) is 1.30. The van der Waals surface area contributed by atoms with Gasteiger partial charge in [-0.15, -0.1) is 0 Å². The van der Waals surface area contributed by atoms with Crippen LogP contribution in [-0.2, 0) is 17.8 Å². The minimum Gasteiger partial charge on any atom is -0.381 e. The topological polar surface area (TPSA) is 18.0 Å². The number of rotatable bonds is 5. The van der Waals surface area contributed by atoms with E-state index in [0.717, 1.165) is 19.7 Å². The summed E-state index contributed by atoms with van der Waals surface area (Å²) < 4.78 is 9.35. The lowest BCUT2D eigenvalue weighted by Crippen LogP contribution is -2.37. The molecule has 3 heteroatoms. The van der Waals surface area contributed by atoms with Gasteiger partial charge < -0.3 is 4.74 Å². The molecule has 3 nitrogen and oxygen atoms in total. The second-order valence-corrected chi connectivity index (χ2v) is 2.97. The van der Waals surface area contributed by atoms with Gasteiger partial charge in [0.1, 0.15) is 25.5 Å². The Morgan fingerprint density at radius 3 is 3.08 bits per heavy atom. The molecule has 1 aromatic heterocycles. The first kappa shape index (κ1) is 9.99. The third-order valence-electron chi connectivity index (χ3n) is 2.12. The molecule has 0 saturated carbocycles. The summed E-state index contributed by atoms with van der Waals surface area (Å²) in [6, 6.07) is 0. The first-order chi connectivity index (χ1) is 6.29. The molecule has 1 heterocycles. The number of aromatic nitrogens is 2. The van der Waals surface area contributed by atoms with E-state index in [1.807, 2.05) is 6.08 Å². The molecular weight excluding hydrogens is 164 g/mol. The van der Waals surface area contributed by atoms with E-state index in [1.54, 1.807) is 7.11 Å². The molecule has 72 valence electrons. The smallest absolute Gasteiger partial charge is 0.253 e. The quantitative estimate of drug-likeness (QED) is 0.488. The van der Waals surface area contributed by atoms with E-state index in [-0.39, 0.29) is 0 Å². The number of nitrogens with zero attached hydrogens (tertiary/aromatic N) is 2. The second kappa shape index (κ2) is 4.82. The van der Waals surface area contributed by atoms with Crippen molar-refractivity contribution < 1.29 is 9.30 Å². The fraction of sp³-hybridized carbons (Fsp3) is 0.500. The predicted octanol–water partition coefficient (Wildman–Crippen LogP) is 0.916. The van der Waals surface area contributed by atoms with Crippen molar-refractivity contribution in [1.29, 1.82) is 0 Å². The highest BCUT2D eigenvalue weighted by Crippen LogP contribution is 1.93. The van der Waals surface area contributed by atoms with Crippen LogP contribution in [0.3, 0.4) is 0 Å². The minimum atomic E-state index is 0.754. The van der Waals surface area contributed by atoms with Gasteiger partial charge in [-0.05, 0) is 0 Å². The zero-order valence-corrected chi connectivity index (χ0v) is 8.36. The molecule has 0 aromatic carbocycles. The van der Waals surface area contributed by atoms with Crippen molar-refractivity contribution in [3.8, 4) is 0 Å². The summed E-state index contributed by atoms with van der Waals surface area (Å²) in [6.07, 6.45) is 6.03. The molecule has 1 aromatic rings. The number of methoxy groups -OCH3 is 1. The molecule has 0 bridgehead atoms. The molecule has 0 unspecified atom stereocenters. The van der Waals surface area contributed by atoms with Crippen LogP contribution in [0.15, 0.2) is 25.0 Å². The minimum absolute atomic E-state index is 0.754. The van der Waals surface area contributed by atoms with Crippen LogP contribution in [0.5, 0.6) is 0 Å². The molecule has 0 aliphatic heterocycles. The van der Waals surface area contributed by atoms with Gasteiger partial charge in [0.25, 0.3) is 5.82 Å². The Hall–Kier alpha value is -1.09. The molecule has 0 spiro atoms. The molecule has 1 rings (SSSR count). The lowest BCUT2D eigenvalue weighted by atomic mass is 10.5. The number of hydrogen-bond acceptors (Lipinski definition) is 1. The van der Waals surface area contributed by atoms with E-state index in [4.69, 9.17) is 4.74 Å². The van der Waals surface area contributed by atoms with E-state index in [0.29, 0.717) is 0 Å². The summed E-state index contributed by atoms with van der Waals surface area (Å²) in [5.74, 6) is 1.23. The Labute approximate surface area is 79.3 Å². The molecule has 0 fully saturated rings. The van der Waals surface area contributed by atoms with Gasteiger partial charge in [0.15, 0.2) is 0 Å². The van der Waals surface area contributed by atoms with E-state index in [1.165, 1.54) is 5.82 Å². The SMILES string of the molecule is C=CCn1cc[n+](CCOC)c1C. The van der Waals surface area contributed by atoms with E-state index >= 15 is 0 Å². The predicted molar refractivity (Wildman–Crippen MR) is 51.4 cm³/mol. The number of ether oxygens (including phenoxy) is 1. The molecule has 0 amide bonds. The summed E-state index contributed by atoms with van der Waals surface area (Å²) in [7, 11) is 1.72. The van der Waals surface area contributed by atoms with Crippen LogP contribution in [0.1, 0.15) is 5.82 Å². The van der Waals surface area contributed by atoms with Crippen LogP contribution in [0.25, 0.3) is 0 Å². The number of allylic oxidation sites excluding steroid dienone is 1. The number of imidazole rings is 1. The summed E-state index contributed by atoms with van der Waals surface area (Å²) in [5.41, 5.74) is 0. The maximum atomic E-state index is 5.02. The standard InChI is InChI=1S/C10H17N2O/c1-4-5-11-6-7-12(10(11)2)8-9-13-3/h4,6-7H,1,5,8-9H2,2-3H3/q+1. The van der Waals surface area contributed by atoms with Crippen molar-refractivity contribution in [3.05, 3.63) is 30.9 Å². The molecule has 0 radical (unpaired) electrons. The summed E-state index contributed by atoms with van der Waals surface area (Å²) in [6.45, 7) is 8.34. The maximum absolute atomic E-state index is 5.02. The Bertz CT molecular complexity index is 278. The zero-order valence-electron chi connectivity index (χ0n) is 8.36. The Kier molecular flexibility index (Phi) is 3.71. The van der Waals surface area contributed by atoms with Crippen LogP contribution < -0.4 is 4.57 Å². The third-order valence-corrected chi connectivity index (χ3v) is 2.12. The zero-order chi connectivity index (χ0) is 9.68. The lowest BCUT2D eigenvalue weighted by Gasteiger charge is -1.98. The van der Waals surface area contributed by atoms with E-state index < -0.39 is 0 Å². The van der Waals surface area contributed by atoms with Crippen molar-refractivity contribution in [2.45, 2.75) is 20.0 Å². The van der Waals surface area contributed by atoms with E-state index in [9.17, 15) is 0 Å². The molecular formula is C10H17N2O+. The Balaban J connectivity index is 2.68. The maximum Gasteiger partial charge on any atom is 0.253 e. The van der Waals surface area contributed by atoms with Gasteiger partial charge in [0.2, 0.25) is 0 Å². The first-order valence-electron chi connectivity index (χ1n) is 4.44. The normalized spacial score (nSPS) is 10.3. The van der Waals surface area contributed by atoms with Crippen LogP contribution >= 0.6 is 0 Å². The van der Waals surface area contributed by atoms with Crippen LogP contribution in [0.2, 0.25) is 0 Å². The van der Waals surface area contributed by atoms with Gasteiger partial charge in [0, 0.05) is 14.0 Å². The van der Waals surface area contributed by atoms with Gasteiger partial charge >= 0.3 is 0 Å². The Morgan fingerprint density at radius 2 is 2.46 bits per heavy atom. The van der Waals surface area contributed by atoms with Gasteiger partial charge in [0.05, 0.1) is 6.61 Å². The second-order valence-electron chi connectivity index (χ2n) is 2.97. The lowest BCUT2D eigenvalue weighted by molar-refractivity contribution is -0.703. The summed E-state index contributed by atoms with van der Waals surface area (Å²) in [5, 5.41) is 0. The van der Waals surface area contributed by atoms with Crippen molar-refractivity contribution in [2.24, 2.45) is 0 Å². The highest BCUT2D eigenvalue weighted by Gasteiger charge is 2.09. The molecule has 0 aliphatic carbocycles. The van der Waals surface area contributed by atoms with Crippen molar-refractivity contribution >= 4 is 0 Å². The highest BCUT2D eigenvalue weighted by atomic mass is 16.5. The summed E-state index contributed by atoms with van der Waals surface area (Å²) >= 11 is 0. The molecule has 0 aliphatic rings. The highest BCUT2D eigenvalue weighted by molar-refractivity contribution is 4.83. The van der Waals surface area contributed by atoms with Gasteiger partial charge in [-0.25, -0.2) is 9.13 Å². The first-order valence-corrected chi connectivity index (χ1v) is 4.44. The number of hydrogen-bond donors (Lipinski definition) is 0. The summed E-state index contributed by atoms with van der Waals surface area (Å²) in [4.78, 5) is 0. The molecule has 0 saturated heterocycles. The monoisotopic (exact) mass is 181 g/mol. The van der Waals surface area contributed by atoms with Gasteiger partial charge in [-0.3, -0.25) is 0 Å². The fourth-order valence-corrected chi connectivity index (χ4v) is 1.30. The van der Waals surface area contributed by atoms with Crippen molar-refractivity contribution in [2.75, 3.05) is 13.7 Å². The molecule has 0 atom stereocenters. The van der Waals surface area contributed by atoms with Crippen LogP contribution in [-0.4, -0.2) is 18.3 Å². The van der Waals surface area contributed by atoms with Crippen molar-refractivity contribution in [3.63, 3.8) is 0 Å². The van der Waals surface area contributed by atoms with Crippen molar-refractivity contribution in [1.82, 2.24) is 4.57 Å². The molecule has 13 heavy (non-hydrogen) atoms. The average molecular weight is 181 g/mol. The van der Waals surface area contributed by atoms with E-state index in [2.05, 4.69) is 35.0 Å². The Morgan fingerprint density at radius 1 is 1.69 bits per heavy atom. The van der Waals surface area contributed by atoms with Crippen LogP contribution in [0.4, 0.5) is 0 Å². The largest absolute Gasteiger partial charge is 0.381 e. The average Bonchev–Trinajstić information content (AvgIpc) is 2.46. The van der Waals surface area contributed by atoms with Gasteiger partial charge in [-0.2, -0.15) is 0 Å². The van der Waals surface area contributed by atoms with Crippen LogP contribution in [0, 0.1) is 6.92 Å².